The Kier molecular flexibility index (Phi) is 23.7. The molecule has 0 heterocycles. The maximum Gasteiger partial charge on any atom is 2.00 e. The second-order valence-electron chi connectivity index (χ2n) is 17.0. The number of rotatable bonds is 12. The molecule has 0 aliphatic heterocycles. The Hall–Kier alpha value is -2.12. The fourth-order valence-electron chi connectivity index (χ4n) is 8.35. The van der Waals surface area contributed by atoms with Gasteiger partial charge in [0.15, 0.2) is 0 Å². The number of nitrogens with zero attached hydrogens (tertiary/aromatic N) is 1. The third kappa shape index (κ3) is 14.5. The third-order valence-corrected chi connectivity index (χ3v) is 13.2. The van der Waals surface area contributed by atoms with Crippen LogP contribution in [0.1, 0.15) is 94.9 Å². The van der Waals surface area contributed by atoms with E-state index < -0.39 is 6.15 Å². The molecule has 0 saturated heterocycles. The van der Waals surface area contributed by atoms with Crippen LogP contribution in [-0.2, 0) is 0 Å². The Morgan fingerprint density at radius 2 is 0.525 bits per heavy atom. The van der Waals surface area contributed by atoms with Crippen molar-refractivity contribution >= 4 is 28.0 Å². The van der Waals surface area contributed by atoms with E-state index in [1.807, 2.05) is 0 Å². The molecular weight excluding hydrogens is 943 g/mol. The van der Waals surface area contributed by atoms with Gasteiger partial charge >= 0.3 is 31.1 Å². The molecule has 2 saturated carbocycles. The van der Waals surface area contributed by atoms with Gasteiger partial charge in [0.05, 0.1) is 27.2 Å². The number of quaternary nitrogens is 1. The van der Waals surface area contributed by atoms with Crippen LogP contribution in [0.25, 0.3) is 0 Å². The average Bonchev–Trinajstić information content (AvgIpc) is 3.52. The maximum atomic E-state index is 8.64. The molecule has 0 atom stereocenters. The molecule has 2 fully saturated rings. The van der Waals surface area contributed by atoms with Crippen molar-refractivity contribution in [3.8, 4) is 0 Å². The number of hydrogen-bond acceptors (Lipinski definition) is 2. The fourth-order valence-corrected chi connectivity index (χ4v) is 8.35. The molecule has 4 aromatic rings. The van der Waals surface area contributed by atoms with Crippen LogP contribution in [0, 0.1) is 90.3 Å². The van der Waals surface area contributed by atoms with Gasteiger partial charge < -0.3 is 14.7 Å². The Morgan fingerprint density at radius 1 is 0.339 bits per heavy atom. The molecule has 5 heteroatoms. The normalized spacial score (nSPS) is 17.1. The molecule has 3 nitrogen and oxygen atoms in total. The smallest absolute Gasteiger partial charge is 0.396 e. The second-order valence-corrected chi connectivity index (χ2v) is 17.0. The van der Waals surface area contributed by atoms with Crippen LogP contribution in [0.4, 0.5) is 0 Å². The monoisotopic (exact) mass is 1020 g/mol. The summed E-state index contributed by atoms with van der Waals surface area (Å²) in [6.07, 6.45) is 2.77. The number of aliphatic hydroxyl groups excluding tert-OH is 2. The van der Waals surface area contributed by atoms with E-state index >= 15 is 0 Å². The van der Waals surface area contributed by atoms with E-state index in [9.17, 15) is 0 Å². The average molecular weight is 1020 g/mol. The van der Waals surface area contributed by atoms with Crippen LogP contribution in [-0.4, -0.2) is 61.2 Å². The molecule has 6 rings (SSSR count). The van der Waals surface area contributed by atoms with Crippen LogP contribution < -0.4 is 21.9 Å². The van der Waals surface area contributed by atoms with Crippen LogP contribution in [0.3, 0.4) is 0 Å². The zero-order chi connectivity index (χ0) is 42.9. The first-order valence-corrected chi connectivity index (χ1v) is 21.5. The van der Waals surface area contributed by atoms with E-state index in [-0.39, 0.29) is 31.1 Å². The van der Waals surface area contributed by atoms with Gasteiger partial charge in [-0.3, -0.25) is 0 Å². The Labute approximate surface area is 387 Å². The largest absolute Gasteiger partial charge is 2.00 e. The zero-order valence-corrected chi connectivity index (χ0v) is 42.8. The first-order chi connectivity index (χ1) is 27.6. The van der Waals surface area contributed by atoms with Crippen molar-refractivity contribution in [1.29, 1.82) is 0 Å². The van der Waals surface area contributed by atoms with Gasteiger partial charge in [0.25, 0.3) is 0 Å². The molecule has 0 amide bonds. The van der Waals surface area contributed by atoms with Gasteiger partial charge in [-0.05, 0) is 84.9 Å². The van der Waals surface area contributed by atoms with E-state index in [1.165, 1.54) is 81.0 Å². The quantitative estimate of drug-likeness (QED) is 0.0844. The molecule has 312 valence electrons. The molecule has 2 aliphatic rings. The first-order valence-electron chi connectivity index (χ1n) is 21.5. The maximum absolute atomic E-state index is 8.64. The molecule has 0 bridgehead atoms. The van der Waals surface area contributed by atoms with Crippen molar-refractivity contribution in [3.05, 3.63) is 181 Å². The minimum Gasteiger partial charge on any atom is -0.396 e. The van der Waals surface area contributed by atoms with Gasteiger partial charge in [-0.1, -0.05) is 191 Å². The third-order valence-electron chi connectivity index (χ3n) is 13.2. The van der Waals surface area contributed by atoms with Crippen LogP contribution in [0.5, 0.6) is 0 Å². The van der Waals surface area contributed by atoms with Gasteiger partial charge in [-0.25, -0.2) is 0 Å². The van der Waals surface area contributed by atoms with Crippen molar-refractivity contribution in [3.63, 3.8) is 0 Å². The standard InChI is InChI=1S/C24H20B.C10H24NO2.2C10H15.U/c1-5-13-21(14-6-1)25(22-15-7-2-8-16-22,23-17-9-3-10-18-23)24-19-11-4-12-20-24;1-11(2,7-3-5-9-12)8-4-6-10-13;2*1-6-7(2)9(4)10(5)8(6)3;/h1-20H;12-13H,3-10H2,1-2H3;2*1-5H3;/q-1;+1;;;+2. The van der Waals surface area contributed by atoms with Crippen molar-refractivity contribution in [1.82, 2.24) is 0 Å². The SMILES string of the molecule is C[C]1[C](C)[C](C)[C](C)[C]1C.C[C]1[C](C)[C](C)[C](C)[C]1C.C[N+](C)(CCCCO)CCCCO.[U+2].c1ccc([B-](c2ccccc2)(c2ccccc2)c2ccccc2)cc1. The molecular formula is C54H74BNO2U+2. The molecule has 2 aliphatic carbocycles. The first kappa shape index (κ1) is 53.0. The Morgan fingerprint density at radius 3 is 0.695 bits per heavy atom. The van der Waals surface area contributed by atoms with Crippen molar-refractivity contribution in [2.24, 2.45) is 0 Å². The summed E-state index contributed by atoms with van der Waals surface area (Å²) < 4.78 is 1.00. The Bertz CT molecular complexity index is 1360. The summed E-state index contributed by atoms with van der Waals surface area (Å²) in [6, 6.07) is 43.5. The second kappa shape index (κ2) is 26.4. The summed E-state index contributed by atoms with van der Waals surface area (Å²) >= 11 is 0. The molecule has 0 spiro atoms. The van der Waals surface area contributed by atoms with Crippen molar-refractivity contribution in [2.75, 3.05) is 40.4 Å². The van der Waals surface area contributed by atoms with E-state index in [1.54, 1.807) is 0 Å². The number of benzene rings is 4. The van der Waals surface area contributed by atoms with Crippen LogP contribution in [0.2, 0.25) is 0 Å². The zero-order valence-electron chi connectivity index (χ0n) is 38.6. The topological polar surface area (TPSA) is 40.5 Å². The molecule has 4 aromatic carbocycles. The summed E-state index contributed by atoms with van der Waals surface area (Å²) in [6.45, 7) is 24.8. The predicted molar refractivity (Wildman–Crippen MR) is 254 cm³/mol. The predicted octanol–water partition coefficient (Wildman–Crippen LogP) is 9.62. The van der Waals surface area contributed by atoms with Gasteiger partial charge in [0.1, 0.15) is 6.15 Å². The van der Waals surface area contributed by atoms with E-state index in [4.69, 9.17) is 10.2 Å². The number of hydrogen-bond donors (Lipinski definition) is 2. The molecule has 0 aromatic heterocycles. The summed E-state index contributed by atoms with van der Waals surface area (Å²) in [5.74, 6) is 14.7. The summed E-state index contributed by atoms with van der Waals surface area (Å²) in [4.78, 5) is 0. The minimum atomic E-state index is -1.22. The van der Waals surface area contributed by atoms with Gasteiger partial charge in [0, 0.05) is 13.2 Å². The van der Waals surface area contributed by atoms with E-state index in [2.05, 4.69) is 205 Å². The van der Waals surface area contributed by atoms with Crippen molar-refractivity contribution < 1.29 is 45.8 Å². The Balaban J connectivity index is 0.000000299. The van der Waals surface area contributed by atoms with E-state index in [0.29, 0.717) is 13.2 Å². The van der Waals surface area contributed by atoms with Gasteiger partial charge in [-0.15, -0.1) is 0 Å². The van der Waals surface area contributed by atoms with Crippen LogP contribution >= 0.6 is 0 Å². The molecule has 59 heavy (non-hydrogen) atoms. The molecule has 0 unspecified atom stereocenters. The number of aliphatic hydroxyl groups is 2. The van der Waals surface area contributed by atoms with Gasteiger partial charge in [-0.2, -0.15) is 21.9 Å². The van der Waals surface area contributed by atoms with Crippen molar-refractivity contribution in [2.45, 2.75) is 94.9 Å². The summed E-state index contributed by atoms with van der Waals surface area (Å²) in [7, 11) is 4.41. The fraction of sp³-hybridized carbons (Fsp3) is 0.370. The molecule has 10 radical (unpaired) electrons. The summed E-state index contributed by atoms with van der Waals surface area (Å²) in [5, 5.41) is 17.3. The molecule has 2 N–H and O–H groups in total. The minimum absolute atomic E-state index is 0. The number of unbranched alkanes of at least 4 members (excludes halogenated alkanes) is 2. The van der Waals surface area contributed by atoms with E-state index in [0.717, 1.165) is 43.3 Å². The summed E-state index contributed by atoms with van der Waals surface area (Å²) in [5.41, 5.74) is 5.36. The van der Waals surface area contributed by atoms with Gasteiger partial charge in [0.2, 0.25) is 0 Å². The van der Waals surface area contributed by atoms with Crippen LogP contribution in [0.15, 0.2) is 121 Å².